The molecule has 0 unspecified atom stereocenters. The highest BCUT2D eigenvalue weighted by atomic mass is 32.1. The molecule has 0 atom stereocenters. The van der Waals surface area contributed by atoms with Crippen LogP contribution in [0.1, 0.15) is 21.7 Å². The number of carbonyl (C=O) groups is 1. The van der Waals surface area contributed by atoms with Crippen LogP contribution in [-0.2, 0) is 13.6 Å². The summed E-state index contributed by atoms with van der Waals surface area (Å²) in [7, 11) is 1.98. The van der Waals surface area contributed by atoms with E-state index in [1.165, 1.54) is 0 Å². The first-order valence-corrected chi connectivity index (χ1v) is 8.55. The Balaban J connectivity index is 1.92. The SMILES string of the molecule is Cn1ccc2c(C(=O)N(CCCO)Cc3cccs3)cccc21. The number of aryl methyl sites for hydroxylation is 1. The van der Waals surface area contributed by atoms with Gasteiger partial charge in [0, 0.05) is 47.7 Å². The van der Waals surface area contributed by atoms with E-state index in [1.807, 2.05) is 64.5 Å². The number of amides is 1. The van der Waals surface area contributed by atoms with Crippen molar-refractivity contribution in [2.45, 2.75) is 13.0 Å². The zero-order valence-corrected chi connectivity index (χ0v) is 13.9. The third kappa shape index (κ3) is 3.30. The number of hydrogen-bond donors (Lipinski definition) is 1. The summed E-state index contributed by atoms with van der Waals surface area (Å²) >= 11 is 1.64. The molecule has 0 fully saturated rings. The van der Waals surface area contributed by atoms with Crippen molar-refractivity contribution in [3.8, 4) is 0 Å². The average molecular weight is 328 g/mol. The number of hydrogen-bond acceptors (Lipinski definition) is 3. The largest absolute Gasteiger partial charge is 0.396 e. The van der Waals surface area contributed by atoms with Gasteiger partial charge in [0.05, 0.1) is 6.54 Å². The standard InChI is InChI=1S/C18H20N2O2S/c1-19-10-8-15-16(6-2-7-17(15)19)18(22)20(9-4-11-21)13-14-5-3-12-23-14/h2-3,5-8,10,12,21H,4,9,11,13H2,1H3. The van der Waals surface area contributed by atoms with Crippen molar-refractivity contribution < 1.29 is 9.90 Å². The molecule has 0 spiro atoms. The number of fused-ring (bicyclic) bond motifs is 1. The number of aliphatic hydroxyl groups excluding tert-OH is 1. The number of carbonyl (C=O) groups excluding carboxylic acids is 1. The highest BCUT2D eigenvalue weighted by Crippen LogP contribution is 2.22. The summed E-state index contributed by atoms with van der Waals surface area (Å²) in [5.74, 6) is 0.0173. The summed E-state index contributed by atoms with van der Waals surface area (Å²) in [4.78, 5) is 16.0. The van der Waals surface area contributed by atoms with Crippen LogP contribution >= 0.6 is 11.3 Å². The van der Waals surface area contributed by atoms with Crippen LogP contribution in [0.4, 0.5) is 0 Å². The predicted molar refractivity (Wildman–Crippen MR) is 93.7 cm³/mol. The van der Waals surface area contributed by atoms with E-state index in [2.05, 4.69) is 0 Å². The quantitative estimate of drug-likeness (QED) is 0.755. The molecule has 2 heterocycles. The Labute approximate surface area is 139 Å². The van der Waals surface area contributed by atoms with Crippen molar-refractivity contribution >= 4 is 28.1 Å². The summed E-state index contributed by atoms with van der Waals surface area (Å²) in [5, 5.41) is 12.1. The second kappa shape index (κ2) is 6.98. The normalized spacial score (nSPS) is 11.0. The van der Waals surface area contributed by atoms with Crippen molar-refractivity contribution in [1.82, 2.24) is 9.47 Å². The topological polar surface area (TPSA) is 45.5 Å². The van der Waals surface area contributed by atoms with Crippen LogP contribution in [0, 0.1) is 0 Å². The Bertz CT molecular complexity index is 793. The van der Waals surface area contributed by atoms with Crippen LogP contribution < -0.4 is 0 Å². The van der Waals surface area contributed by atoms with Crippen LogP contribution in [0.3, 0.4) is 0 Å². The minimum Gasteiger partial charge on any atom is -0.396 e. The first-order valence-electron chi connectivity index (χ1n) is 7.67. The number of aromatic nitrogens is 1. The molecule has 2 aromatic heterocycles. The van der Waals surface area contributed by atoms with E-state index in [4.69, 9.17) is 5.11 Å². The van der Waals surface area contributed by atoms with Gasteiger partial charge >= 0.3 is 0 Å². The fraction of sp³-hybridized carbons (Fsp3) is 0.278. The Morgan fingerprint density at radius 3 is 2.87 bits per heavy atom. The molecule has 4 nitrogen and oxygen atoms in total. The Morgan fingerprint density at radius 1 is 1.26 bits per heavy atom. The second-order valence-corrected chi connectivity index (χ2v) is 6.58. The molecule has 23 heavy (non-hydrogen) atoms. The Kier molecular flexibility index (Phi) is 4.79. The number of thiophene rings is 1. The number of benzene rings is 1. The number of aliphatic hydroxyl groups is 1. The zero-order chi connectivity index (χ0) is 16.2. The summed E-state index contributed by atoms with van der Waals surface area (Å²) in [6.07, 6.45) is 2.56. The van der Waals surface area contributed by atoms with Crippen LogP contribution in [0.5, 0.6) is 0 Å². The van der Waals surface area contributed by atoms with Crippen molar-refractivity contribution in [1.29, 1.82) is 0 Å². The van der Waals surface area contributed by atoms with Crippen LogP contribution in [-0.4, -0.2) is 33.6 Å². The molecule has 0 saturated heterocycles. The molecular weight excluding hydrogens is 308 g/mol. The fourth-order valence-corrected chi connectivity index (χ4v) is 3.48. The summed E-state index contributed by atoms with van der Waals surface area (Å²) in [5.41, 5.74) is 1.77. The minimum absolute atomic E-state index is 0.0173. The maximum atomic E-state index is 13.0. The summed E-state index contributed by atoms with van der Waals surface area (Å²) in [6.45, 7) is 1.22. The van der Waals surface area contributed by atoms with Gasteiger partial charge in [0.25, 0.3) is 5.91 Å². The highest BCUT2D eigenvalue weighted by molar-refractivity contribution is 7.09. The first-order chi connectivity index (χ1) is 11.2. The molecule has 3 aromatic rings. The molecule has 0 radical (unpaired) electrons. The van der Waals surface area contributed by atoms with Crippen molar-refractivity contribution in [2.24, 2.45) is 7.05 Å². The van der Waals surface area contributed by atoms with Gasteiger partial charge in [-0.2, -0.15) is 0 Å². The van der Waals surface area contributed by atoms with Crippen molar-refractivity contribution in [2.75, 3.05) is 13.2 Å². The lowest BCUT2D eigenvalue weighted by Gasteiger charge is -2.22. The fourth-order valence-electron chi connectivity index (χ4n) is 2.76. The smallest absolute Gasteiger partial charge is 0.254 e. The van der Waals surface area contributed by atoms with E-state index in [-0.39, 0.29) is 12.5 Å². The molecule has 0 saturated carbocycles. The van der Waals surface area contributed by atoms with Crippen LogP contribution in [0.2, 0.25) is 0 Å². The van der Waals surface area contributed by atoms with Crippen LogP contribution in [0.15, 0.2) is 48.0 Å². The number of nitrogens with zero attached hydrogens (tertiary/aromatic N) is 2. The lowest BCUT2D eigenvalue weighted by molar-refractivity contribution is 0.0736. The lowest BCUT2D eigenvalue weighted by atomic mass is 10.1. The van der Waals surface area contributed by atoms with Gasteiger partial charge in [-0.25, -0.2) is 0 Å². The molecule has 0 aliphatic heterocycles. The van der Waals surface area contributed by atoms with Gasteiger partial charge in [-0.05, 0) is 36.1 Å². The lowest BCUT2D eigenvalue weighted by Crippen LogP contribution is -2.31. The third-order valence-electron chi connectivity index (χ3n) is 3.96. The average Bonchev–Trinajstić information content (AvgIpc) is 3.21. The third-order valence-corrected chi connectivity index (χ3v) is 4.82. The zero-order valence-electron chi connectivity index (χ0n) is 13.1. The highest BCUT2D eigenvalue weighted by Gasteiger charge is 2.19. The van der Waals surface area contributed by atoms with Crippen molar-refractivity contribution in [3.05, 3.63) is 58.4 Å². The van der Waals surface area contributed by atoms with Crippen LogP contribution in [0.25, 0.3) is 10.9 Å². The molecule has 1 amide bonds. The molecule has 0 bridgehead atoms. The minimum atomic E-state index is 0.0173. The van der Waals surface area contributed by atoms with E-state index >= 15 is 0 Å². The monoisotopic (exact) mass is 328 g/mol. The molecule has 1 N–H and O–H groups in total. The maximum Gasteiger partial charge on any atom is 0.254 e. The number of rotatable bonds is 6. The van der Waals surface area contributed by atoms with E-state index < -0.39 is 0 Å². The van der Waals surface area contributed by atoms with E-state index in [0.717, 1.165) is 21.3 Å². The van der Waals surface area contributed by atoms with E-state index in [1.54, 1.807) is 11.3 Å². The van der Waals surface area contributed by atoms with Gasteiger partial charge in [0.15, 0.2) is 0 Å². The Hall–Kier alpha value is -2.11. The Morgan fingerprint density at radius 2 is 2.13 bits per heavy atom. The van der Waals surface area contributed by atoms with E-state index in [9.17, 15) is 4.79 Å². The second-order valence-electron chi connectivity index (χ2n) is 5.55. The van der Waals surface area contributed by atoms with Gasteiger partial charge in [-0.3, -0.25) is 4.79 Å². The van der Waals surface area contributed by atoms with Gasteiger partial charge < -0.3 is 14.6 Å². The molecule has 120 valence electrons. The molecule has 5 heteroatoms. The molecule has 3 rings (SSSR count). The summed E-state index contributed by atoms with van der Waals surface area (Å²) < 4.78 is 2.02. The molecule has 1 aromatic carbocycles. The summed E-state index contributed by atoms with van der Waals surface area (Å²) in [6, 6.07) is 11.8. The van der Waals surface area contributed by atoms with Gasteiger partial charge in [-0.1, -0.05) is 12.1 Å². The first kappa shape index (κ1) is 15.8. The van der Waals surface area contributed by atoms with Gasteiger partial charge in [-0.15, -0.1) is 11.3 Å². The molecule has 0 aliphatic carbocycles. The maximum absolute atomic E-state index is 13.0. The van der Waals surface area contributed by atoms with Gasteiger partial charge in [0.1, 0.15) is 0 Å². The molecular formula is C18H20N2O2S. The predicted octanol–water partition coefficient (Wildman–Crippen LogP) is 3.26. The van der Waals surface area contributed by atoms with E-state index in [0.29, 0.717) is 19.5 Å². The van der Waals surface area contributed by atoms with Gasteiger partial charge in [0.2, 0.25) is 0 Å². The molecule has 0 aliphatic rings. The van der Waals surface area contributed by atoms with Crippen molar-refractivity contribution in [3.63, 3.8) is 0 Å².